The number of ether oxygens (including phenoxy) is 4. The van der Waals surface area contributed by atoms with Crippen molar-refractivity contribution in [2.75, 3.05) is 45.1 Å². The average Bonchev–Trinajstić information content (AvgIpc) is 3.19. The molecule has 310 valence electrons. The highest BCUT2D eigenvalue weighted by Gasteiger charge is 2.20. The van der Waals surface area contributed by atoms with Crippen molar-refractivity contribution >= 4 is 17.6 Å². The van der Waals surface area contributed by atoms with Gasteiger partial charge in [0, 0.05) is 36.4 Å². The number of anilines is 1. The molecule has 1 aromatic rings. The van der Waals surface area contributed by atoms with Crippen LogP contribution < -0.4 is 31.3 Å². The minimum absolute atomic E-state index is 0.202. The third-order valence-electron chi connectivity index (χ3n) is 10.7. The van der Waals surface area contributed by atoms with Gasteiger partial charge in [0.2, 0.25) is 0 Å². The highest BCUT2D eigenvalue weighted by Crippen LogP contribution is 2.23. The molecule has 4 saturated carbocycles. The van der Waals surface area contributed by atoms with Gasteiger partial charge in [-0.2, -0.15) is 0 Å². The third kappa shape index (κ3) is 20.3. The molecule has 0 radical (unpaired) electrons. The molecule has 0 saturated heterocycles. The van der Waals surface area contributed by atoms with Gasteiger partial charge in [-0.3, -0.25) is 10.3 Å². The predicted octanol–water partition coefficient (Wildman–Crippen LogP) is 8.90. The van der Waals surface area contributed by atoms with Crippen molar-refractivity contribution in [2.45, 2.75) is 166 Å². The predicted molar refractivity (Wildman–Crippen MR) is 228 cm³/mol. The topological polar surface area (TPSA) is 122 Å². The molecular formula is C44H75N7O4. The zero-order valence-electron chi connectivity index (χ0n) is 34.4. The molecule has 0 heterocycles. The fraction of sp³-hybridized carbons (Fsp3) is 0.727. The standard InChI is InChI=1S/C25H39N3O3.C19H36N4O/c1-20(2)31-19-29-16-17-30-24-15-9-14-23(18-24)28-25(26-21-10-5-3-6-11-21)27-22-12-7-4-8-13-22;1-16(2)24-15-20-13-14-21-19(22-17-9-5-3-6-10-17)23-18-11-7-4-8-12-18/h9,14-15,18,21-22H,1,3-8,10-13,16-17,19H2,2H3,(H2,26,27,28);17-18,20H,1,3-15H2,2H3,(H2,21,22,23). The number of hydrogen-bond donors (Lipinski definition) is 5. The van der Waals surface area contributed by atoms with Crippen LogP contribution in [-0.2, 0) is 14.2 Å². The van der Waals surface area contributed by atoms with Gasteiger partial charge in [0.05, 0.1) is 30.7 Å². The summed E-state index contributed by atoms with van der Waals surface area (Å²) in [7, 11) is 0. The molecule has 5 rings (SSSR count). The van der Waals surface area contributed by atoms with E-state index in [-0.39, 0.29) is 6.79 Å². The van der Waals surface area contributed by atoms with Crippen LogP contribution >= 0.6 is 0 Å². The molecule has 4 aliphatic carbocycles. The minimum atomic E-state index is 0.202. The van der Waals surface area contributed by atoms with Crippen LogP contribution in [0, 0.1) is 0 Å². The molecule has 5 N–H and O–H groups in total. The summed E-state index contributed by atoms with van der Waals surface area (Å²) in [6, 6.07) is 10.2. The molecule has 4 fully saturated rings. The Morgan fingerprint density at radius 3 is 1.78 bits per heavy atom. The molecule has 0 spiro atoms. The summed E-state index contributed by atoms with van der Waals surface area (Å²) in [4.78, 5) is 9.86. The van der Waals surface area contributed by atoms with Gasteiger partial charge in [0.25, 0.3) is 0 Å². The quantitative estimate of drug-likeness (QED) is 0.0328. The first-order valence-corrected chi connectivity index (χ1v) is 21.7. The Morgan fingerprint density at radius 2 is 1.22 bits per heavy atom. The Balaban J connectivity index is 0.000000253. The van der Waals surface area contributed by atoms with Gasteiger partial charge in [-0.15, -0.1) is 0 Å². The molecule has 11 heteroatoms. The lowest BCUT2D eigenvalue weighted by molar-refractivity contribution is -0.0311. The van der Waals surface area contributed by atoms with Gasteiger partial charge >= 0.3 is 0 Å². The van der Waals surface area contributed by atoms with E-state index >= 15 is 0 Å². The van der Waals surface area contributed by atoms with Crippen molar-refractivity contribution in [1.82, 2.24) is 21.3 Å². The first-order chi connectivity index (χ1) is 26.9. The summed E-state index contributed by atoms with van der Waals surface area (Å²) < 4.78 is 21.7. The van der Waals surface area contributed by atoms with Crippen molar-refractivity contribution in [3.8, 4) is 5.75 Å². The van der Waals surface area contributed by atoms with E-state index in [9.17, 15) is 0 Å². The molecule has 0 aliphatic heterocycles. The highest BCUT2D eigenvalue weighted by molar-refractivity contribution is 5.94. The molecule has 0 unspecified atom stereocenters. The second-order valence-corrected chi connectivity index (χ2v) is 15.8. The SMILES string of the molecule is C=C(C)OCNCCN=C(NC1CCCCC1)NC1CCCCC1.C=C(C)OCOCCOc1cccc(NC(=NC2CCCCC2)NC2CCCCC2)c1. The van der Waals surface area contributed by atoms with Crippen molar-refractivity contribution in [2.24, 2.45) is 9.98 Å². The number of nitrogens with zero attached hydrogens (tertiary/aromatic N) is 2. The summed E-state index contributed by atoms with van der Waals surface area (Å²) in [5.41, 5.74) is 0.988. The van der Waals surface area contributed by atoms with Gasteiger partial charge < -0.3 is 40.2 Å². The maximum atomic E-state index is 5.83. The third-order valence-corrected chi connectivity index (χ3v) is 10.7. The van der Waals surface area contributed by atoms with Crippen molar-refractivity contribution in [3.05, 3.63) is 48.9 Å². The zero-order valence-corrected chi connectivity index (χ0v) is 34.4. The van der Waals surface area contributed by atoms with E-state index in [4.69, 9.17) is 28.9 Å². The van der Waals surface area contributed by atoms with Gasteiger partial charge in [-0.25, -0.2) is 4.99 Å². The smallest absolute Gasteiger partial charge is 0.196 e. The van der Waals surface area contributed by atoms with Gasteiger partial charge in [0.15, 0.2) is 18.7 Å². The number of aliphatic imine (C=N–C) groups is 2. The summed E-state index contributed by atoms with van der Waals surface area (Å²) >= 11 is 0. The first-order valence-electron chi connectivity index (χ1n) is 21.7. The number of guanidine groups is 2. The van der Waals surface area contributed by atoms with Crippen molar-refractivity contribution < 1.29 is 18.9 Å². The van der Waals surface area contributed by atoms with Crippen LogP contribution in [-0.4, -0.2) is 75.9 Å². The Bertz CT molecular complexity index is 1240. The second kappa shape index (κ2) is 27.2. The van der Waals surface area contributed by atoms with Crippen molar-refractivity contribution in [1.29, 1.82) is 0 Å². The van der Waals surface area contributed by atoms with Crippen LogP contribution in [0.3, 0.4) is 0 Å². The van der Waals surface area contributed by atoms with E-state index < -0.39 is 0 Å². The van der Waals surface area contributed by atoms with Gasteiger partial charge in [-0.05, 0) is 77.3 Å². The number of benzene rings is 1. The largest absolute Gasteiger partial charge is 0.491 e. The van der Waals surface area contributed by atoms with E-state index in [1.54, 1.807) is 6.92 Å². The lowest BCUT2D eigenvalue weighted by Gasteiger charge is -2.29. The molecule has 0 atom stereocenters. The fourth-order valence-electron chi connectivity index (χ4n) is 7.67. The van der Waals surface area contributed by atoms with Crippen LogP contribution in [0.5, 0.6) is 5.75 Å². The molecule has 0 aromatic heterocycles. The van der Waals surface area contributed by atoms with Crippen LogP contribution in [0.2, 0.25) is 0 Å². The fourth-order valence-corrected chi connectivity index (χ4v) is 7.67. The summed E-state index contributed by atoms with van der Waals surface area (Å²) in [6.45, 7) is 14.3. The summed E-state index contributed by atoms with van der Waals surface area (Å²) in [5.74, 6) is 4.12. The van der Waals surface area contributed by atoms with Crippen LogP contribution in [0.25, 0.3) is 0 Å². The monoisotopic (exact) mass is 766 g/mol. The first kappa shape index (κ1) is 44.3. The minimum Gasteiger partial charge on any atom is -0.491 e. The highest BCUT2D eigenvalue weighted by atomic mass is 16.7. The van der Waals surface area contributed by atoms with E-state index in [1.165, 1.54) is 128 Å². The van der Waals surface area contributed by atoms with Gasteiger partial charge in [0.1, 0.15) is 19.1 Å². The molecule has 11 nitrogen and oxygen atoms in total. The Labute approximate surface area is 333 Å². The summed E-state index contributed by atoms with van der Waals surface area (Å²) in [5, 5.41) is 17.8. The molecule has 0 bridgehead atoms. The van der Waals surface area contributed by atoms with E-state index in [1.807, 2.05) is 25.1 Å². The lowest BCUT2D eigenvalue weighted by atomic mass is 9.95. The Kier molecular flexibility index (Phi) is 21.9. The van der Waals surface area contributed by atoms with Crippen LogP contribution in [0.4, 0.5) is 5.69 Å². The number of rotatable bonds is 18. The zero-order chi connectivity index (χ0) is 38.8. The number of hydrogen-bond acceptors (Lipinski definition) is 7. The van der Waals surface area contributed by atoms with E-state index in [2.05, 4.69) is 45.8 Å². The molecule has 4 aliphatic rings. The van der Waals surface area contributed by atoms with Crippen LogP contribution in [0.15, 0.2) is 58.9 Å². The second-order valence-electron chi connectivity index (χ2n) is 15.8. The Morgan fingerprint density at radius 1 is 0.673 bits per heavy atom. The summed E-state index contributed by atoms with van der Waals surface area (Å²) in [6.07, 6.45) is 25.9. The maximum Gasteiger partial charge on any atom is 0.196 e. The van der Waals surface area contributed by atoms with Crippen LogP contribution in [0.1, 0.15) is 142 Å². The van der Waals surface area contributed by atoms with Crippen molar-refractivity contribution in [3.63, 3.8) is 0 Å². The van der Waals surface area contributed by atoms with Gasteiger partial charge in [-0.1, -0.05) is 96.3 Å². The average molecular weight is 766 g/mol. The molecule has 0 amide bonds. The number of nitrogens with one attached hydrogen (secondary N) is 5. The molecular weight excluding hydrogens is 691 g/mol. The Hall–Kier alpha value is -3.44. The van der Waals surface area contributed by atoms with E-state index in [0.717, 1.165) is 42.2 Å². The normalized spacial score (nSPS) is 18.9. The maximum absolute atomic E-state index is 5.83. The molecule has 1 aromatic carbocycles. The van der Waals surface area contributed by atoms with E-state index in [0.29, 0.717) is 49.9 Å². The molecule has 55 heavy (non-hydrogen) atoms. The lowest BCUT2D eigenvalue weighted by Crippen LogP contribution is -2.48. The number of allylic oxidation sites excluding steroid dienone is 2.